The van der Waals surface area contributed by atoms with Gasteiger partial charge in [0, 0.05) is 18.7 Å². The number of alkyl halides is 1. The summed E-state index contributed by atoms with van der Waals surface area (Å²) in [6.07, 6.45) is 2.95. The molecule has 0 aromatic heterocycles. The second kappa shape index (κ2) is 5.35. The molecule has 0 saturated heterocycles. The lowest BCUT2D eigenvalue weighted by atomic mass is 9.91. The molecule has 3 heteroatoms. The number of rotatable bonds is 4. The summed E-state index contributed by atoms with van der Waals surface area (Å²) in [4.78, 5) is 11.3. The summed E-state index contributed by atoms with van der Waals surface area (Å²) in [5.74, 6) is 1.85. The number of carbonyl (C=O) groups excluding carboxylic acids is 1. The average Bonchev–Trinajstić information content (AvgIpc) is 2.29. The van der Waals surface area contributed by atoms with E-state index in [1.54, 1.807) is 0 Å². The molecule has 0 atom stereocenters. The van der Waals surface area contributed by atoms with Gasteiger partial charge in [0.25, 0.3) is 0 Å². The van der Waals surface area contributed by atoms with Crippen LogP contribution >= 0.6 is 11.6 Å². The second-order valence-corrected chi connectivity index (χ2v) is 4.41. The van der Waals surface area contributed by atoms with Crippen molar-refractivity contribution in [1.82, 2.24) is 0 Å². The Kier molecular flexibility index (Phi) is 3.83. The van der Waals surface area contributed by atoms with Crippen molar-refractivity contribution in [1.29, 1.82) is 0 Å². The van der Waals surface area contributed by atoms with E-state index < -0.39 is 0 Å². The molecule has 0 spiro atoms. The number of ether oxygens (including phenoxy) is 1. The zero-order valence-electron chi connectivity index (χ0n) is 9.17. The SMILES string of the molecule is O=C1CCc2cc(OCCCCl)ccc2C1. The molecule has 86 valence electrons. The summed E-state index contributed by atoms with van der Waals surface area (Å²) < 4.78 is 5.57. The van der Waals surface area contributed by atoms with Crippen molar-refractivity contribution in [2.45, 2.75) is 25.7 Å². The van der Waals surface area contributed by atoms with Crippen LogP contribution in [-0.2, 0) is 17.6 Å². The van der Waals surface area contributed by atoms with Gasteiger partial charge in [0.15, 0.2) is 0 Å². The topological polar surface area (TPSA) is 26.3 Å². The van der Waals surface area contributed by atoms with Gasteiger partial charge in [-0.2, -0.15) is 0 Å². The number of hydrogen-bond acceptors (Lipinski definition) is 2. The Hall–Kier alpha value is -1.02. The molecule has 0 fully saturated rings. The third-order valence-electron chi connectivity index (χ3n) is 2.79. The minimum absolute atomic E-state index is 0.336. The molecular formula is C13H15ClO2. The molecule has 0 N–H and O–H groups in total. The van der Waals surface area contributed by atoms with Crippen LogP contribution in [0.2, 0.25) is 0 Å². The maximum absolute atomic E-state index is 11.3. The first-order valence-corrected chi connectivity index (χ1v) is 6.15. The first-order chi connectivity index (χ1) is 7.79. The molecule has 0 heterocycles. The second-order valence-electron chi connectivity index (χ2n) is 4.04. The molecule has 1 aromatic rings. The molecule has 2 nitrogen and oxygen atoms in total. The van der Waals surface area contributed by atoms with Gasteiger partial charge in [-0.3, -0.25) is 4.79 Å². The molecule has 1 aliphatic carbocycles. The summed E-state index contributed by atoms with van der Waals surface area (Å²) in [6, 6.07) is 5.99. The zero-order chi connectivity index (χ0) is 11.4. The summed E-state index contributed by atoms with van der Waals surface area (Å²) in [5.41, 5.74) is 2.41. The third-order valence-corrected chi connectivity index (χ3v) is 3.05. The van der Waals surface area contributed by atoms with Gasteiger partial charge in [-0.1, -0.05) is 6.07 Å². The number of carbonyl (C=O) groups is 1. The highest BCUT2D eigenvalue weighted by Crippen LogP contribution is 2.24. The maximum atomic E-state index is 11.3. The van der Waals surface area contributed by atoms with Crippen LogP contribution in [0.1, 0.15) is 24.0 Å². The van der Waals surface area contributed by atoms with Gasteiger partial charge in [-0.15, -0.1) is 11.6 Å². The van der Waals surface area contributed by atoms with Crippen LogP contribution in [0.5, 0.6) is 5.75 Å². The number of Topliss-reactive ketones (excluding diaryl/α,β-unsaturated/α-hetero) is 1. The van der Waals surface area contributed by atoms with E-state index in [2.05, 4.69) is 6.07 Å². The Balaban J connectivity index is 2.04. The van der Waals surface area contributed by atoms with Gasteiger partial charge in [-0.05, 0) is 36.1 Å². The first kappa shape index (κ1) is 11.5. The minimum atomic E-state index is 0.336. The van der Waals surface area contributed by atoms with Gasteiger partial charge in [0.1, 0.15) is 11.5 Å². The van der Waals surface area contributed by atoms with Crippen LogP contribution in [0.4, 0.5) is 0 Å². The fourth-order valence-electron chi connectivity index (χ4n) is 1.92. The predicted molar refractivity (Wildman–Crippen MR) is 64.3 cm³/mol. The molecule has 0 bridgehead atoms. The molecule has 0 aliphatic heterocycles. The monoisotopic (exact) mass is 238 g/mol. The van der Waals surface area contributed by atoms with E-state index >= 15 is 0 Å². The Labute approximate surface area is 101 Å². The van der Waals surface area contributed by atoms with Crippen molar-refractivity contribution >= 4 is 17.4 Å². The lowest BCUT2D eigenvalue weighted by molar-refractivity contribution is -0.118. The Bertz CT molecular complexity index is 388. The van der Waals surface area contributed by atoms with Gasteiger partial charge in [0.2, 0.25) is 0 Å². The number of fused-ring (bicyclic) bond motifs is 1. The highest BCUT2D eigenvalue weighted by Gasteiger charge is 2.15. The summed E-state index contributed by atoms with van der Waals surface area (Å²) in [7, 11) is 0. The lowest BCUT2D eigenvalue weighted by Gasteiger charge is -2.16. The Morgan fingerprint density at radius 1 is 1.25 bits per heavy atom. The van der Waals surface area contributed by atoms with Gasteiger partial charge >= 0.3 is 0 Å². The molecule has 0 radical (unpaired) electrons. The number of hydrogen-bond donors (Lipinski definition) is 0. The van der Waals surface area contributed by atoms with Crippen molar-refractivity contribution < 1.29 is 9.53 Å². The van der Waals surface area contributed by atoms with Crippen LogP contribution in [0.15, 0.2) is 18.2 Å². The van der Waals surface area contributed by atoms with Crippen LogP contribution in [0, 0.1) is 0 Å². The van der Waals surface area contributed by atoms with Crippen molar-refractivity contribution in [2.75, 3.05) is 12.5 Å². The van der Waals surface area contributed by atoms with Gasteiger partial charge in [-0.25, -0.2) is 0 Å². The first-order valence-electron chi connectivity index (χ1n) is 5.62. The van der Waals surface area contributed by atoms with Gasteiger partial charge in [0.05, 0.1) is 6.61 Å². The van der Waals surface area contributed by atoms with E-state index in [1.807, 2.05) is 12.1 Å². The fourth-order valence-corrected chi connectivity index (χ4v) is 2.03. The normalized spacial score (nSPS) is 14.7. The molecular weight excluding hydrogens is 224 g/mol. The van der Waals surface area contributed by atoms with E-state index in [0.717, 1.165) is 24.2 Å². The van der Waals surface area contributed by atoms with Crippen LogP contribution in [0.3, 0.4) is 0 Å². The molecule has 16 heavy (non-hydrogen) atoms. The van der Waals surface area contributed by atoms with Crippen LogP contribution in [0.25, 0.3) is 0 Å². The number of ketones is 1. The number of benzene rings is 1. The van der Waals surface area contributed by atoms with E-state index in [9.17, 15) is 4.79 Å². The standard InChI is InChI=1S/C13H15ClO2/c14-6-1-7-16-13-5-3-10-8-12(15)4-2-11(10)9-13/h3,5,9H,1-2,4,6-8H2. The molecule has 0 saturated carbocycles. The third kappa shape index (κ3) is 2.76. The Morgan fingerprint density at radius 2 is 2.12 bits per heavy atom. The minimum Gasteiger partial charge on any atom is -0.494 e. The largest absolute Gasteiger partial charge is 0.494 e. The van der Waals surface area contributed by atoms with Crippen molar-refractivity contribution in [3.63, 3.8) is 0 Å². The highest BCUT2D eigenvalue weighted by atomic mass is 35.5. The molecule has 1 aliphatic rings. The maximum Gasteiger partial charge on any atom is 0.137 e. The van der Waals surface area contributed by atoms with Crippen molar-refractivity contribution in [3.05, 3.63) is 29.3 Å². The van der Waals surface area contributed by atoms with Crippen molar-refractivity contribution in [2.24, 2.45) is 0 Å². The lowest BCUT2D eigenvalue weighted by Crippen LogP contribution is -2.13. The number of aryl methyl sites for hydroxylation is 1. The average molecular weight is 239 g/mol. The summed E-state index contributed by atoms with van der Waals surface area (Å²) in [5, 5.41) is 0. The smallest absolute Gasteiger partial charge is 0.137 e. The van der Waals surface area contributed by atoms with Crippen LogP contribution in [-0.4, -0.2) is 18.3 Å². The van der Waals surface area contributed by atoms with E-state index in [-0.39, 0.29) is 0 Å². The summed E-state index contributed by atoms with van der Waals surface area (Å²) in [6.45, 7) is 0.654. The fraction of sp³-hybridized carbons (Fsp3) is 0.462. The summed E-state index contributed by atoms with van der Waals surface area (Å²) >= 11 is 5.58. The molecule has 0 unspecified atom stereocenters. The zero-order valence-corrected chi connectivity index (χ0v) is 9.93. The predicted octanol–water partition coefficient (Wildman–Crippen LogP) is 2.75. The van der Waals surface area contributed by atoms with Crippen LogP contribution < -0.4 is 4.74 Å². The number of halogens is 1. The van der Waals surface area contributed by atoms with E-state index in [1.165, 1.54) is 5.56 Å². The van der Waals surface area contributed by atoms with Crippen molar-refractivity contribution in [3.8, 4) is 5.75 Å². The quantitative estimate of drug-likeness (QED) is 0.596. The Morgan fingerprint density at radius 3 is 2.94 bits per heavy atom. The molecule has 2 rings (SSSR count). The van der Waals surface area contributed by atoms with E-state index in [0.29, 0.717) is 31.1 Å². The highest BCUT2D eigenvalue weighted by molar-refractivity contribution is 6.17. The van der Waals surface area contributed by atoms with Gasteiger partial charge < -0.3 is 4.74 Å². The molecule has 1 aromatic carbocycles. The van der Waals surface area contributed by atoms with E-state index in [4.69, 9.17) is 16.3 Å². The molecule has 0 amide bonds.